The third kappa shape index (κ3) is 2.35. The van der Waals surface area contributed by atoms with Crippen LogP contribution in [0.3, 0.4) is 0 Å². The fourth-order valence-electron chi connectivity index (χ4n) is 1.26. The van der Waals surface area contributed by atoms with E-state index in [1.807, 2.05) is 36.4 Å². The van der Waals surface area contributed by atoms with Crippen LogP contribution in [0.5, 0.6) is 0 Å². The minimum atomic E-state index is 0.668. The predicted molar refractivity (Wildman–Crippen MR) is 59.7 cm³/mol. The van der Waals surface area contributed by atoms with Crippen LogP contribution in [0.4, 0.5) is 11.4 Å². The molecule has 71 valence electrons. The molecule has 0 aromatic heterocycles. The van der Waals surface area contributed by atoms with Gasteiger partial charge >= 0.3 is 0 Å². The number of benzene rings is 2. The van der Waals surface area contributed by atoms with Crippen LogP contribution in [0.2, 0.25) is 0 Å². The van der Waals surface area contributed by atoms with Gasteiger partial charge < -0.3 is 5.32 Å². The quantitative estimate of drug-likeness (QED) is 0.795. The van der Waals surface area contributed by atoms with Crippen molar-refractivity contribution >= 4 is 11.4 Å². The van der Waals surface area contributed by atoms with Gasteiger partial charge in [0, 0.05) is 11.4 Å². The Labute approximate surface area is 88.8 Å². The van der Waals surface area contributed by atoms with Crippen molar-refractivity contribution in [1.29, 1.82) is 5.26 Å². The lowest BCUT2D eigenvalue weighted by Crippen LogP contribution is -1.89. The first-order chi connectivity index (χ1) is 7.38. The highest BCUT2D eigenvalue weighted by atomic mass is 14.9. The van der Waals surface area contributed by atoms with Gasteiger partial charge in [-0.3, -0.25) is 0 Å². The number of nitrogens with zero attached hydrogens (tertiary/aromatic N) is 1. The molecule has 2 nitrogen and oxygen atoms in total. The van der Waals surface area contributed by atoms with Gasteiger partial charge in [0.1, 0.15) is 0 Å². The van der Waals surface area contributed by atoms with Crippen molar-refractivity contribution in [1.82, 2.24) is 0 Å². The molecule has 1 radical (unpaired) electrons. The first-order valence-corrected chi connectivity index (χ1v) is 4.62. The van der Waals surface area contributed by atoms with E-state index in [1.165, 1.54) is 0 Å². The zero-order valence-corrected chi connectivity index (χ0v) is 8.07. The maximum atomic E-state index is 8.64. The number of nitriles is 1. The molecular formula is C13H9N2. The van der Waals surface area contributed by atoms with Gasteiger partial charge in [-0.15, -0.1) is 0 Å². The summed E-state index contributed by atoms with van der Waals surface area (Å²) in [5, 5.41) is 11.9. The second-order valence-electron chi connectivity index (χ2n) is 3.10. The minimum Gasteiger partial charge on any atom is -0.356 e. The summed E-state index contributed by atoms with van der Waals surface area (Å²) in [6, 6.07) is 20.0. The van der Waals surface area contributed by atoms with E-state index < -0.39 is 0 Å². The first kappa shape index (κ1) is 9.29. The van der Waals surface area contributed by atoms with Crippen LogP contribution < -0.4 is 5.32 Å². The summed E-state index contributed by atoms with van der Waals surface area (Å²) in [6.45, 7) is 0. The Morgan fingerprint density at radius 1 is 0.933 bits per heavy atom. The van der Waals surface area contributed by atoms with Crippen molar-refractivity contribution in [3.05, 3.63) is 60.2 Å². The zero-order valence-electron chi connectivity index (χ0n) is 8.07. The normalized spacial score (nSPS) is 9.27. The molecule has 1 N–H and O–H groups in total. The highest BCUT2D eigenvalue weighted by molar-refractivity contribution is 5.59. The third-order valence-electron chi connectivity index (χ3n) is 2.02. The van der Waals surface area contributed by atoms with Crippen molar-refractivity contribution < 1.29 is 0 Å². The highest BCUT2D eigenvalue weighted by Crippen LogP contribution is 2.15. The molecule has 0 saturated heterocycles. The molecule has 0 bridgehead atoms. The van der Waals surface area contributed by atoms with E-state index in [0.29, 0.717) is 5.56 Å². The lowest BCUT2D eigenvalue weighted by atomic mass is 10.2. The zero-order chi connectivity index (χ0) is 10.5. The Bertz CT molecular complexity index is 466. The molecule has 0 amide bonds. The van der Waals surface area contributed by atoms with E-state index in [1.54, 1.807) is 12.1 Å². The van der Waals surface area contributed by atoms with Crippen LogP contribution >= 0.6 is 0 Å². The third-order valence-corrected chi connectivity index (χ3v) is 2.02. The van der Waals surface area contributed by atoms with Crippen molar-refractivity contribution in [2.45, 2.75) is 0 Å². The summed E-state index contributed by atoms with van der Waals surface area (Å²) in [5.74, 6) is 0. The Morgan fingerprint density at radius 3 is 2.13 bits per heavy atom. The van der Waals surface area contributed by atoms with Crippen molar-refractivity contribution in [3.8, 4) is 6.07 Å². The number of nitrogens with one attached hydrogen (secondary N) is 1. The molecular weight excluding hydrogens is 184 g/mol. The molecule has 0 aliphatic rings. The largest absolute Gasteiger partial charge is 0.356 e. The fourth-order valence-corrected chi connectivity index (χ4v) is 1.26. The topological polar surface area (TPSA) is 35.8 Å². The van der Waals surface area contributed by atoms with Gasteiger partial charge in [0.25, 0.3) is 0 Å². The van der Waals surface area contributed by atoms with E-state index in [2.05, 4.69) is 17.5 Å². The molecule has 0 aliphatic carbocycles. The molecule has 0 heterocycles. The van der Waals surface area contributed by atoms with E-state index in [-0.39, 0.29) is 0 Å². The van der Waals surface area contributed by atoms with E-state index in [4.69, 9.17) is 5.26 Å². The molecule has 0 unspecified atom stereocenters. The Kier molecular flexibility index (Phi) is 2.66. The second kappa shape index (κ2) is 4.30. The summed E-state index contributed by atoms with van der Waals surface area (Å²) in [7, 11) is 0. The molecule has 2 rings (SSSR count). The molecule has 15 heavy (non-hydrogen) atoms. The van der Waals surface area contributed by atoms with Crippen molar-refractivity contribution in [3.63, 3.8) is 0 Å². The molecule has 2 aromatic rings. The number of hydrogen-bond donors (Lipinski definition) is 1. The average Bonchev–Trinajstić information content (AvgIpc) is 2.31. The SMILES string of the molecule is N#Cc1ccc(Nc2cc[c]cc2)cc1. The predicted octanol–water partition coefficient (Wildman–Crippen LogP) is 3.10. The molecule has 2 aromatic carbocycles. The number of hydrogen-bond acceptors (Lipinski definition) is 2. The van der Waals surface area contributed by atoms with Crippen LogP contribution in [0.15, 0.2) is 48.5 Å². The molecule has 0 atom stereocenters. The van der Waals surface area contributed by atoms with Crippen LogP contribution in [0.25, 0.3) is 0 Å². The van der Waals surface area contributed by atoms with Crippen molar-refractivity contribution in [2.24, 2.45) is 0 Å². The first-order valence-electron chi connectivity index (χ1n) is 4.62. The molecule has 0 spiro atoms. The maximum Gasteiger partial charge on any atom is 0.0991 e. The molecule has 0 aliphatic heterocycles. The summed E-state index contributed by atoms with van der Waals surface area (Å²) < 4.78 is 0. The number of anilines is 2. The minimum absolute atomic E-state index is 0.668. The Balaban J connectivity index is 2.16. The van der Waals surface area contributed by atoms with Gasteiger partial charge in [0.2, 0.25) is 0 Å². The van der Waals surface area contributed by atoms with E-state index >= 15 is 0 Å². The lowest BCUT2D eigenvalue weighted by Gasteiger charge is -2.05. The smallest absolute Gasteiger partial charge is 0.0991 e. The van der Waals surface area contributed by atoms with Gasteiger partial charge in [-0.2, -0.15) is 5.26 Å². The van der Waals surface area contributed by atoms with Gasteiger partial charge in [-0.1, -0.05) is 12.1 Å². The van der Waals surface area contributed by atoms with E-state index in [0.717, 1.165) is 11.4 Å². The standard InChI is InChI=1S/C13H9N2/c14-10-11-6-8-13(9-7-11)15-12-4-2-1-3-5-12/h2-9,15H. The average molecular weight is 193 g/mol. The Morgan fingerprint density at radius 2 is 1.53 bits per heavy atom. The Hall–Kier alpha value is -2.27. The van der Waals surface area contributed by atoms with Crippen LogP contribution in [0.1, 0.15) is 5.56 Å². The summed E-state index contributed by atoms with van der Waals surface area (Å²) in [4.78, 5) is 0. The summed E-state index contributed by atoms with van der Waals surface area (Å²) in [5.41, 5.74) is 2.65. The second-order valence-corrected chi connectivity index (χ2v) is 3.10. The maximum absolute atomic E-state index is 8.64. The summed E-state index contributed by atoms with van der Waals surface area (Å²) >= 11 is 0. The van der Waals surface area contributed by atoms with Crippen LogP contribution in [-0.4, -0.2) is 0 Å². The fraction of sp³-hybridized carbons (Fsp3) is 0. The molecule has 0 saturated carbocycles. The monoisotopic (exact) mass is 193 g/mol. The van der Waals surface area contributed by atoms with Crippen molar-refractivity contribution in [2.75, 3.05) is 5.32 Å². The lowest BCUT2D eigenvalue weighted by molar-refractivity contribution is 1.47. The molecule has 2 heteroatoms. The number of rotatable bonds is 2. The highest BCUT2D eigenvalue weighted by Gasteiger charge is 1.93. The van der Waals surface area contributed by atoms with E-state index in [9.17, 15) is 0 Å². The van der Waals surface area contributed by atoms with Gasteiger partial charge in [0.05, 0.1) is 11.6 Å². The summed E-state index contributed by atoms with van der Waals surface area (Å²) in [6.07, 6.45) is 0. The van der Waals surface area contributed by atoms with Crippen LogP contribution in [-0.2, 0) is 0 Å². The van der Waals surface area contributed by atoms with Gasteiger partial charge in [-0.05, 0) is 42.5 Å². The van der Waals surface area contributed by atoms with Gasteiger partial charge in [0.15, 0.2) is 0 Å². The van der Waals surface area contributed by atoms with Gasteiger partial charge in [-0.25, -0.2) is 0 Å². The molecule has 0 fully saturated rings. The van der Waals surface area contributed by atoms with Crippen LogP contribution in [0, 0.1) is 17.4 Å².